The lowest BCUT2D eigenvalue weighted by atomic mass is 9.69. The number of aliphatic hydroxyl groups excluding tert-OH is 1. The molecule has 3 aliphatic heterocycles. The van der Waals surface area contributed by atoms with Gasteiger partial charge in [0.15, 0.2) is 0 Å². The topological polar surface area (TPSA) is 144 Å². The second-order valence-corrected chi connectivity index (χ2v) is 14.7. The lowest BCUT2D eigenvalue weighted by molar-refractivity contribution is -0.167. The number of piperidine rings is 3. The van der Waals surface area contributed by atoms with E-state index >= 15 is 0 Å². The molecule has 10 nitrogen and oxygen atoms in total. The third-order valence-electron chi connectivity index (χ3n) is 11.3. The number of amides is 1. The number of hydrogen-bond acceptors (Lipinski definition) is 8. The normalized spacial score (nSPS) is 21.9. The molecule has 0 spiro atoms. The van der Waals surface area contributed by atoms with E-state index in [4.69, 9.17) is 4.74 Å². The molecule has 4 heterocycles. The van der Waals surface area contributed by atoms with Crippen molar-refractivity contribution in [2.45, 2.75) is 101 Å². The summed E-state index contributed by atoms with van der Waals surface area (Å²) in [6.45, 7) is 4.86. The number of fused-ring (bicyclic) bond motifs is 4. The summed E-state index contributed by atoms with van der Waals surface area (Å²) in [5, 5.41) is 27.7. The van der Waals surface area contributed by atoms with E-state index < -0.39 is 11.5 Å². The number of H-pyrrole nitrogens is 1. The largest absolute Gasteiger partial charge is 0.506 e. The molecule has 4 aliphatic rings. The summed E-state index contributed by atoms with van der Waals surface area (Å²) < 4.78 is 6.33. The van der Waals surface area contributed by atoms with Gasteiger partial charge in [-0.2, -0.15) is 0 Å². The third-order valence-corrected chi connectivity index (χ3v) is 11.3. The van der Waals surface area contributed by atoms with Gasteiger partial charge in [0.2, 0.25) is 11.5 Å². The second-order valence-electron chi connectivity index (χ2n) is 14.7. The number of nitrogens with one attached hydrogen (secondary N) is 3. The molecule has 1 aliphatic carbocycles. The van der Waals surface area contributed by atoms with Gasteiger partial charge in [-0.25, -0.2) is 0 Å². The fourth-order valence-electron chi connectivity index (χ4n) is 8.30. The molecule has 2 aromatic carbocycles. The Morgan fingerprint density at radius 3 is 2.56 bits per heavy atom. The molecule has 2 atom stereocenters. The zero-order valence-electron chi connectivity index (χ0n) is 29.3. The number of carbonyl (C=O) groups excluding carboxylic acids is 2. The maximum atomic E-state index is 13.9. The molecule has 0 unspecified atom stereocenters. The van der Waals surface area contributed by atoms with Gasteiger partial charge in [0.1, 0.15) is 11.9 Å². The Morgan fingerprint density at radius 1 is 0.980 bits per heavy atom. The molecule has 10 heteroatoms. The number of nitrogens with zero attached hydrogens (tertiary/aromatic N) is 1. The standard InChI is InChI=1S/C40H54N4O6/c45-33-15-13-31(32-14-16-37(48)43-38(32)33)34(46)26-41-21-5-2-6-22-42-36(47)12-8-10-28-9-7-11-30(25-28)40(19-3-1-4-20-40)39(49)50-35-27-44-23-17-29(35)18-24-44/h7,9,11,13-16,25,29,34-35,41,45-46H,1-6,8,10,12,17-24,26-27H2,(H,42,47)(H,43,48)/t34-,35+/m0/s1. The highest BCUT2D eigenvalue weighted by Crippen LogP contribution is 2.42. The van der Waals surface area contributed by atoms with Crippen LogP contribution >= 0.6 is 0 Å². The quantitative estimate of drug-likeness (QED) is 0.105. The number of phenols is 1. The number of aryl methyl sites for hydroxylation is 1. The van der Waals surface area contributed by atoms with E-state index in [1.165, 1.54) is 17.7 Å². The molecular weight excluding hydrogens is 632 g/mol. The first kappa shape index (κ1) is 36.1. The second kappa shape index (κ2) is 17.0. The summed E-state index contributed by atoms with van der Waals surface area (Å²) in [6, 6.07) is 14.6. The first-order chi connectivity index (χ1) is 24.3. The smallest absolute Gasteiger partial charge is 0.316 e. The first-order valence-electron chi connectivity index (χ1n) is 18.9. The minimum absolute atomic E-state index is 0.0238. The zero-order valence-corrected chi connectivity index (χ0v) is 29.3. The average Bonchev–Trinajstić information content (AvgIpc) is 3.14. The van der Waals surface area contributed by atoms with Crippen LogP contribution in [0.3, 0.4) is 0 Å². The van der Waals surface area contributed by atoms with E-state index in [0.717, 1.165) is 109 Å². The minimum Gasteiger partial charge on any atom is -0.506 e. The van der Waals surface area contributed by atoms with Crippen LogP contribution in [-0.4, -0.2) is 77.3 Å². The van der Waals surface area contributed by atoms with Crippen molar-refractivity contribution in [1.82, 2.24) is 20.5 Å². The van der Waals surface area contributed by atoms with Crippen LogP contribution in [0.15, 0.2) is 53.3 Å². The lowest BCUT2D eigenvalue weighted by Crippen LogP contribution is -2.53. The fourth-order valence-corrected chi connectivity index (χ4v) is 8.30. The van der Waals surface area contributed by atoms with Crippen molar-refractivity contribution in [2.75, 3.05) is 39.3 Å². The molecular formula is C40H54N4O6. The monoisotopic (exact) mass is 686 g/mol. The number of aliphatic hydroxyl groups is 1. The highest BCUT2D eigenvalue weighted by atomic mass is 16.5. The van der Waals surface area contributed by atoms with E-state index in [-0.39, 0.29) is 29.3 Å². The van der Waals surface area contributed by atoms with Crippen LogP contribution in [-0.2, 0) is 26.2 Å². The number of pyridine rings is 1. The Labute approximate surface area is 295 Å². The van der Waals surface area contributed by atoms with Crippen molar-refractivity contribution in [3.05, 3.63) is 75.6 Å². The predicted octanol–water partition coefficient (Wildman–Crippen LogP) is 5.01. The van der Waals surface area contributed by atoms with Crippen LogP contribution in [0.4, 0.5) is 0 Å². The molecule has 270 valence electrons. The van der Waals surface area contributed by atoms with Crippen LogP contribution in [0.2, 0.25) is 0 Å². The highest BCUT2D eigenvalue weighted by molar-refractivity contribution is 5.87. The van der Waals surface area contributed by atoms with Gasteiger partial charge in [-0.15, -0.1) is 0 Å². The van der Waals surface area contributed by atoms with Gasteiger partial charge in [-0.1, -0.05) is 56.0 Å². The Hall–Kier alpha value is -3.73. The Balaban J connectivity index is 0.878. The number of aromatic nitrogens is 1. The van der Waals surface area contributed by atoms with Crippen LogP contribution in [0, 0.1) is 5.92 Å². The SMILES string of the molecule is O=C(CCCc1cccc(C2(C(=O)O[C@@H]3CN4CCC3CC4)CCCCC2)c1)NCCCCCNC[C@H](O)c1ccc(O)c2[nH]c(=O)ccc12. The van der Waals surface area contributed by atoms with E-state index in [9.17, 15) is 24.6 Å². The first-order valence-corrected chi connectivity index (χ1v) is 18.9. The molecule has 5 N–H and O–H groups in total. The van der Waals surface area contributed by atoms with Crippen LogP contribution in [0.1, 0.15) is 99.8 Å². The van der Waals surface area contributed by atoms with E-state index in [0.29, 0.717) is 41.9 Å². The molecule has 1 saturated carbocycles. The Bertz CT molecular complexity index is 1660. The maximum absolute atomic E-state index is 13.9. The van der Waals surface area contributed by atoms with Gasteiger partial charge >= 0.3 is 5.97 Å². The molecule has 50 heavy (non-hydrogen) atoms. The molecule has 3 aromatic rings. The van der Waals surface area contributed by atoms with Crippen molar-refractivity contribution in [3.63, 3.8) is 0 Å². The highest BCUT2D eigenvalue weighted by Gasteiger charge is 2.45. The molecule has 1 amide bonds. The summed E-state index contributed by atoms with van der Waals surface area (Å²) in [5.74, 6) is 0.513. The third kappa shape index (κ3) is 8.76. The number of benzene rings is 2. The van der Waals surface area contributed by atoms with Gasteiger partial charge in [-0.05, 0) is 106 Å². The van der Waals surface area contributed by atoms with Crippen molar-refractivity contribution in [3.8, 4) is 5.75 Å². The fraction of sp³-hybridized carbons (Fsp3) is 0.575. The maximum Gasteiger partial charge on any atom is 0.316 e. The molecule has 4 fully saturated rings. The number of aromatic hydroxyl groups is 1. The number of hydrogen-bond donors (Lipinski definition) is 5. The number of ether oxygens (including phenoxy) is 1. The van der Waals surface area contributed by atoms with Crippen molar-refractivity contribution >= 4 is 22.8 Å². The molecule has 7 rings (SSSR count). The predicted molar refractivity (Wildman–Crippen MR) is 194 cm³/mol. The van der Waals surface area contributed by atoms with E-state index in [2.05, 4.69) is 44.8 Å². The van der Waals surface area contributed by atoms with Crippen LogP contribution < -0.4 is 16.2 Å². The number of phenolic OH excluding ortho intramolecular Hbond substituents is 1. The summed E-state index contributed by atoms with van der Waals surface area (Å²) in [7, 11) is 0. The number of carbonyl (C=O) groups is 2. The number of aromatic amines is 1. The summed E-state index contributed by atoms with van der Waals surface area (Å²) in [5.41, 5.74) is 2.36. The average molecular weight is 687 g/mol. The zero-order chi connectivity index (χ0) is 34.9. The van der Waals surface area contributed by atoms with Crippen LogP contribution in [0.5, 0.6) is 5.75 Å². The summed E-state index contributed by atoms with van der Waals surface area (Å²) in [4.78, 5) is 43.1. The lowest BCUT2D eigenvalue weighted by Gasteiger charge is -2.45. The molecule has 1 aromatic heterocycles. The van der Waals surface area contributed by atoms with Crippen LogP contribution in [0.25, 0.3) is 10.9 Å². The van der Waals surface area contributed by atoms with Gasteiger partial charge in [0, 0.05) is 37.5 Å². The van der Waals surface area contributed by atoms with Gasteiger partial charge in [0.25, 0.3) is 0 Å². The number of rotatable bonds is 16. The number of esters is 1. The number of unbranched alkanes of at least 4 members (excludes halogenated alkanes) is 2. The van der Waals surface area contributed by atoms with Gasteiger partial charge < -0.3 is 30.6 Å². The van der Waals surface area contributed by atoms with Crippen molar-refractivity contribution < 1.29 is 24.5 Å². The van der Waals surface area contributed by atoms with E-state index in [1.807, 2.05) is 0 Å². The van der Waals surface area contributed by atoms with Crippen molar-refractivity contribution in [2.24, 2.45) is 5.92 Å². The Morgan fingerprint density at radius 2 is 1.78 bits per heavy atom. The summed E-state index contributed by atoms with van der Waals surface area (Å²) in [6.07, 6.45) is 11.2. The molecule has 0 radical (unpaired) electrons. The van der Waals surface area contributed by atoms with Crippen molar-refractivity contribution in [1.29, 1.82) is 0 Å². The minimum atomic E-state index is -0.782. The van der Waals surface area contributed by atoms with E-state index in [1.54, 1.807) is 12.1 Å². The Kier molecular flexibility index (Phi) is 12.3. The van der Waals surface area contributed by atoms with Gasteiger partial charge in [-0.3, -0.25) is 19.3 Å². The molecule has 3 saturated heterocycles. The molecule has 2 bridgehead atoms. The van der Waals surface area contributed by atoms with Gasteiger partial charge in [0.05, 0.1) is 17.0 Å². The summed E-state index contributed by atoms with van der Waals surface area (Å²) >= 11 is 0.